The molecule has 0 heterocycles. The Balaban J connectivity index is 2.36. The standard InChI is InChI=1S/C19H23NO5S/c1-3-4-13-25-18(22)20-26(23,24)17-11-6-5-10-16(17)19(2)12-8-7-9-15(19)14-21/h5-12,14-15H,3-4,13H2,1-2H3,(H,20,22). The third kappa shape index (κ3) is 4.22. The number of benzene rings is 1. The number of allylic oxidation sites excluding steroid dienone is 4. The van der Waals surface area contributed by atoms with E-state index in [1.54, 1.807) is 49.4 Å². The number of hydrogen-bond acceptors (Lipinski definition) is 5. The second kappa shape index (κ2) is 8.31. The van der Waals surface area contributed by atoms with Gasteiger partial charge >= 0.3 is 6.09 Å². The van der Waals surface area contributed by atoms with Crippen molar-refractivity contribution in [1.29, 1.82) is 0 Å². The lowest BCUT2D eigenvalue weighted by Crippen LogP contribution is -2.36. The zero-order valence-corrected chi connectivity index (χ0v) is 15.7. The summed E-state index contributed by atoms with van der Waals surface area (Å²) in [6, 6.07) is 6.34. The van der Waals surface area contributed by atoms with Crippen LogP contribution in [0.15, 0.2) is 53.5 Å². The molecule has 0 bridgehead atoms. The van der Waals surface area contributed by atoms with Crippen molar-refractivity contribution in [2.75, 3.05) is 6.61 Å². The van der Waals surface area contributed by atoms with Crippen LogP contribution in [0, 0.1) is 5.92 Å². The van der Waals surface area contributed by atoms with Crippen LogP contribution in [0.4, 0.5) is 4.79 Å². The zero-order chi connectivity index (χ0) is 19.2. The second-order valence-corrected chi connectivity index (χ2v) is 7.93. The van der Waals surface area contributed by atoms with Gasteiger partial charge in [0, 0.05) is 11.3 Å². The van der Waals surface area contributed by atoms with E-state index in [2.05, 4.69) is 0 Å². The molecule has 2 unspecified atom stereocenters. The second-order valence-electron chi connectivity index (χ2n) is 6.28. The first kappa shape index (κ1) is 19.9. The van der Waals surface area contributed by atoms with Gasteiger partial charge in [0.2, 0.25) is 0 Å². The summed E-state index contributed by atoms with van der Waals surface area (Å²) in [5.74, 6) is -0.514. The van der Waals surface area contributed by atoms with Gasteiger partial charge in [-0.1, -0.05) is 62.8 Å². The van der Waals surface area contributed by atoms with Crippen molar-refractivity contribution in [3.05, 3.63) is 54.1 Å². The molecule has 26 heavy (non-hydrogen) atoms. The summed E-state index contributed by atoms with van der Waals surface area (Å²) >= 11 is 0. The highest BCUT2D eigenvalue weighted by atomic mass is 32.2. The average molecular weight is 377 g/mol. The molecule has 0 aromatic heterocycles. The molecular formula is C19H23NO5S. The Kier molecular flexibility index (Phi) is 6.37. The molecule has 1 aliphatic rings. The highest BCUT2D eigenvalue weighted by molar-refractivity contribution is 7.90. The van der Waals surface area contributed by atoms with Crippen molar-refractivity contribution in [2.24, 2.45) is 5.92 Å². The normalized spacial score (nSPS) is 22.0. The molecule has 0 spiro atoms. The summed E-state index contributed by atoms with van der Waals surface area (Å²) in [5, 5.41) is 0. The lowest BCUT2D eigenvalue weighted by molar-refractivity contribution is -0.111. The predicted octanol–water partition coefficient (Wildman–Crippen LogP) is 3.10. The van der Waals surface area contributed by atoms with Crippen LogP contribution in [0.2, 0.25) is 0 Å². The number of aldehydes is 1. The summed E-state index contributed by atoms with van der Waals surface area (Å²) < 4.78 is 32.3. The van der Waals surface area contributed by atoms with Gasteiger partial charge in [-0.15, -0.1) is 0 Å². The quantitative estimate of drug-likeness (QED) is 0.582. The number of sulfonamides is 1. The highest BCUT2D eigenvalue weighted by Gasteiger charge is 2.37. The fourth-order valence-electron chi connectivity index (χ4n) is 2.86. The Hall–Kier alpha value is -2.41. The van der Waals surface area contributed by atoms with E-state index in [0.29, 0.717) is 12.0 Å². The number of nitrogens with one attached hydrogen (secondary N) is 1. The number of rotatable bonds is 7. The molecule has 1 aromatic rings. The van der Waals surface area contributed by atoms with E-state index in [1.807, 2.05) is 11.6 Å². The van der Waals surface area contributed by atoms with Gasteiger partial charge in [-0.25, -0.2) is 17.9 Å². The van der Waals surface area contributed by atoms with Crippen LogP contribution in [0.5, 0.6) is 0 Å². The Labute approximate surface area is 154 Å². The van der Waals surface area contributed by atoms with Crippen molar-refractivity contribution < 1.29 is 22.7 Å². The molecule has 2 atom stereocenters. The van der Waals surface area contributed by atoms with Crippen LogP contribution in [-0.2, 0) is 25.0 Å². The maximum absolute atomic E-state index is 12.7. The number of unbranched alkanes of at least 4 members (excludes halogenated alkanes) is 1. The molecule has 2 rings (SSSR count). The summed E-state index contributed by atoms with van der Waals surface area (Å²) in [6.45, 7) is 3.88. The van der Waals surface area contributed by atoms with Gasteiger partial charge in [0.25, 0.3) is 10.0 Å². The number of carbonyl (C=O) groups is 2. The van der Waals surface area contributed by atoms with Crippen LogP contribution >= 0.6 is 0 Å². The number of carbonyl (C=O) groups excluding carboxylic acids is 2. The minimum Gasteiger partial charge on any atom is -0.449 e. The molecule has 7 heteroatoms. The predicted molar refractivity (Wildman–Crippen MR) is 98.2 cm³/mol. The first-order valence-electron chi connectivity index (χ1n) is 8.45. The van der Waals surface area contributed by atoms with Gasteiger partial charge in [0.05, 0.1) is 11.5 Å². The van der Waals surface area contributed by atoms with Crippen molar-refractivity contribution in [3.63, 3.8) is 0 Å². The number of hydrogen-bond donors (Lipinski definition) is 1. The Morgan fingerprint density at radius 2 is 2.04 bits per heavy atom. The highest BCUT2D eigenvalue weighted by Crippen LogP contribution is 2.39. The molecule has 0 saturated heterocycles. The maximum Gasteiger partial charge on any atom is 0.421 e. The summed E-state index contributed by atoms with van der Waals surface area (Å²) in [6.07, 6.45) is 8.30. The van der Waals surface area contributed by atoms with Crippen LogP contribution in [0.3, 0.4) is 0 Å². The van der Waals surface area contributed by atoms with Crippen LogP contribution in [0.1, 0.15) is 32.3 Å². The molecule has 1 N–H and O–H groups in total. The zero-order valence-electron chi connectivity index (χ0n) is 14.8. The van der Waals surface area contributed by atoms with Crippen molar-refractivity contribution in [2.45, 2.75) is 37.0 Å². The number of ether oxygens (including phenoxy) is 1. The third-order valence-corrected chi connectivity index (χ3v) is 5.79. The van der Waals surface area contributed by atoms with Crippen LogP contribution in [0.25, 0.3) is 0 Å². The minimum absolute atomic E-state index is 0.0539. The molecule has 0 aliphatic heterocycles. The minimum atomic E-state index is -4.14. The monoisotopic (exact) mass is 377 g/mol. The van der Waals surface area contributed by atoms with E-state index in [1.165, 1.54) is 6.07 Å². The average Bonchev–Trinajstić information content (AvgIpc) is 2.62. The van der Waals surface area contributed by atoms with Crippen molar-refractivity contribution >= 4 is 22.4 Å². The van der Waals surface area contributed by atoms with E-state index in [9.17, 15) is 18.0 Å². The summed E-state index contributed by atoms with van der Waals surface area (Å²) in [4.78, 5) is 23.3. The van der Waals surface area contributed by atoms with Gasteiger partial charge in [-0.3, -0.25) is 0 Å². The molecule has 140 valence electrons. The first-order chi connectivity index (χ1) is 12.3. The lowest BCUT2D eigenvalue weighted by atomic mass is 9.70. The van der Waals surface area contributed by atoms with E-state index >= 15 is 0 Å². The Bertz CT molecular complexity index is 828. The topological polar surface area (TPSA) is 89.5 Å². The summed E-state index contributed by atoms with van der Waals surface area (Å²) in [7, 11) is -4.14. The lowest BCUT2D eigenvalue weighted by Gasteiger charge is -2.34. The van der Waals surface area contributed by atoms with E-state index in [4.69, 9.17) is 4.74 Å². The van der Waals surface area contributed by atoms with Crippen LogP contribution in [-0.4, -0.2) is 27.4 Å². The van der Waals surface area contributed by atoms with Gasteiger partial charge in [0.15, 0.2) is 0 Å². The largest absolute Gasteiger partial charge is 0.449 e. The molecular weight excluding hydrogens is 354 g/mol. The van der Waals surface area contributed by atoms with Gasteiger partial charge in [-0.05, 0) is 18.1 Å². The molecule has 0 fully saturated rings. The SMILES string of the molecule is CCCCOC(=O)NS(=O)(=O)c1ccccc1C1(C)C=CC=CC1C=O. The molecule has 6 nitrogen and oxygen atoms in total. The summed E-state index contributed by atoms with van der Waals surface area (Å²) in [5.41, 5.74) is -0.403. The van der Waals surface area contributed by atoms with Gasteiger partial charge in [-0.2, -0.15) is 0 Å². The van der Waals surface area contributed by atoms with Crippen LogP contribution < -0.4 is 4.72 Å². The fraction of sp³-hybridized carbons (Fsp3) is 0.368. The fourth-order valence-corrected chi connectivity index (χ4v) is 4.08. The molecule has 0 radical (unpaired) electrons. The van der Waals surface area contributed by atoms with E-state index in [-0.39, 0.29) is 11.5 Å². The molecule has 1 amide bonds. The maximum atomic E-state index is 12.7. The van der Waals surface area contributed by atoms with E-state index in [0.717, 1.165) is 12.7 Å². The Morgan fingerprint density at radius 3 is 2.73 bits per heavy atom. The van der Waals surface area contributed by atoms with Gasteiger partial charge < -0.3 is 9.53 Å². The first-order valence-corrected chi connectivity index (χ1v) is 9.94. The molecule has 1 aromatic carbocycles. The molecule has 0 saturated carbocycles. The van der Waals surface area contributed by atoms with Crippen molar-refractivity contribution in [1.82, 2.24) is 4.72 Å². The molecule has 1 aliphatic carbocycles. The third-order valence-electron chi connectivity index (χ3n) is 4.42. The Morgan fingerprint density at radius 1 is 1.31 bits per heavy atom. The van der Waals surface area contributed by atoms with Gasteiger partial charge in [0.1, 0.15) is 6.29 Å². The smallest absolute Gasteiger partial charge is 0.421 e. The van der Waals surface area contributed by atoms with Crippen molar-refractivity contribution in [3.8, 4) is 0 Å². The number of amides is 1. The van der Waals surface area contributed by atoms with E-state index < -0.39 is 27.4 Å².